The Kier molecular flexibility index (Phi) is 6.95. The van der Waals surface area contributed by atoms with Gasteiger partial charge in [-0.3, -0.25) is 14.5 Å². The Morgan fingerprint density at radius 1 is 1.10 bits per heavy atom. The highest BCUT2D eigenvalue weighted by atomic mass is 16.6. The Labute approximate surface area is 244 Å². The lowest BCUT2D eigenvalue weighted by Gasteiger charge is -2.32. The van der Waals surface area contributed by atoms with Gasteiger partial charge in [0.1, 0.15) is 12.4 Å². The Morgan fingerprint density at radius 2 is 1.88 bits per heavy atom. The first-order valence-electron chi connectivity index (χ1n) is 14.9. The van der Waals surface area contributed by atoms with E-state index >= 15 is 0 Å². The minimum atomic E-state index is -0.444. The van der Waals surface area contributed by atoms with E-state index in [1.54, 1.807) is 9.47 Å². The van der Waals surface area contributed by atoms with Crippen LogP contribution >= 0.6 is 0 Å². The molecular weight excluding hydrogens is 536 g/mol. The van der Waals surface area contributed by atoms with E-state index in [2.05, 4.69) is 28.2 Å². The predicted molar refractivity (Wildman–Crippen MR) is 157 cm³/mol. The summed E-state index contributed by atoms with van der Waals surface area (Å²) in [7, 11) is 2.06. The van der Waals surface area contributed by atoms with E-state index in [1.807, 2.05) is 25.1 Å². The molecule has 6 heterocycles. The van der Waals surface area contributed by atoms with Crippen LogP contribution in [0.25, 0.3) is 22.3 Å². The van der Waals surface area contributed by atoms with Gasteiger partial charge in [-0.15, -0.1) is 0 Å². The van der Waals surface area contributed by atoms with Crippen molar-refractivity contribution in [3.8, 4) is 17.1 Å². The molecule has 1 aromatic carbocycles. The number of nitrogens with one attached hydrogen (secondary N) is 1. The van der Waals surface area contributed by atoms with Crippen LogP contribution < -0.4 is 15.6 Å². The van der Waals surface area contributed by atoms with Crippen molar-refractivity contribution >= 4 is 23.0 Å². The average molecular weight is 573 g/mol. The number of hydrogen-bond donors (Lipinski definition) is 1. The van der Waals surface area contributed by atoms with Crippen molar-refractivity contribution in [2.75, 3.05) is 59.4 Å². The number of carbonyl (C=O) groups excluding carboxylic acids is 2. The van der Waals surface area contributed by atoms with Crippen LogP contribution in [0.4, 0.5) is 4.79 Å². The summed E-state index contributed by atoms with van der Waals surface area (Å²) < 4.78 is 13.2. The van der Waals surface area contributed by atoms with E-state index in [9.17, 15) is 14.4 Å². The third-order valence-corrected chi connectivity index (χ3v) is 9.13. The van der Waals surface area contributed by atoms with Gasteiger partial charge in [0, 0.05) is 75.4 Å². The number of likely N-dealkylation sites (N-methyl/N-ethyl adjacent to an activating group) is 1. The smallest absolute Gasteiger partial charge is 0.415 e. The third kappa shape index (κ3) is 4.65. The summed E-state index contributed by atoms with van der Waals surface area (Å²) in [6.07, 6.45) is 0.238. The van der Waals surface area contributed by atoms with Gasteiger partial charge >= 0.3 is 12.1 Å². The van der Waals surface area contributed by atoms with Crippen molar-refractivity contribution in [3.63, 3.8) is 0 Å². The van der Waals surface area contributed by atoms with Crippen molar-refractivity contribution in [1.29, 1.82) is 0 Å². The van der Waals surface area contributed by atoms with Crippen molar-refractivity contribution in [2.24, 2.45) is 0 Å². The topological polar surface area (TPSA) is 109 Å². The monoisotopic (exact) mass is 572 g/mol. The minimum absolute atomic E-state index is 0.00635. The van der Waals surface area contributed by atoms with E-state index in [4.69, 9.17) is 14.5 Å². The highest BCUT2D eigenvalue weighted by Gasteiger charge is 2.34. The largest absolute Gasteiger partial charge is 0.460 e. The number of pyridine rings is 2. The highest BCUT2D eigenvalue weighted by Crippen LogP contribution is 2.38. The van der Waals surface area contributed by atoms with E-state index < -0.39 is 5.92 Å². The second-order valence-corrected chi connectivity index (χ2v) is 11.7. The van der Waals surface area contributed by atoms with Gasteiger partial charge in [-0.2, -0.15) is 0 Å². The molecule has 1 N–H and O–H groups in total. The molecule has 2 saturated heterocycles. The van der Waals surface area contributed by atoms with Gasteiger partial charge in [-0.05, 0) is 43.3 Å². The number of carbonyl (C=O) groups is 2. The second-order valence-electron chi connectivity index (χ2n) is 11.7. The summed E-state index contributed by atoms with van der Waals surface area (Å²) in [4.78, 5) is 50.6. The van der Waals surface area contributed by atoms with Crippen molar-refractivity contribution < 1.29 is 19.1 Å². The number of ether oxygens (including phenoxy) is 2. The molecular formula is C31H36N6O5. The molecule has 3 aromatic rings. The first-order valence-corrected chi connectivity index (χ1v) is 14.9. The quantitative estimate of drug-likeness (QED) is 0.368. The lowest BCUT2D eigenvalue weighted by molar-refractivity contribution is -0.148. The average Bonchev–Trinajstić information content (AvgIpc) is 3.36. The van der Waals surface area contributed by atoms with Crippen LogP contribution in [-0.2, 0) is 29.2 Å². The number of nitrogens with zero attached hydrogens (tertiary/aromatic N) is 5. The van der Waals surface area contributed by atoms with Crippen molar-refractivity contribution in [3.05, 3.63) is 56.9 Å². The molecule has 0 spiro atoms. The zero-order valence-electron chi connectivity index (χ0n) is 24.1. The van der Waals surface area contributed by atoms with Crippen molar-refractivity contribution in [2.45, 2.75) is 39.0 Å². The Hall–Kier alpha value is -3.80. The Morgan fingerprint density at radius 3 is 2.64 bits per heavy atom. The summed E-state index contributed by atoms with van der Waals surface area (Å²) >= 11 is 0. The molecule has 11 nitrogen and oxygen atoms in total. The van der Waals surface area contributed by atoms with Crippen molar-refractivity contribution in [1.82, 2.24) is 29.6 Å². The fourth-order valence-corrected chi connectivity index (χ4v) is 6.61. The van der Waals surface area contributed by atoms with E-state index in [0.717, 1.165) is 78.2 Å². The maximum Gasteiger partial charge on any atom is 0.415 e. The second kappa shape index (κ2) is 10.8. The SMILES string of the molecule is CCC1C(=O)OCc2c1cc1n(c2=O)Cc2cc3c(CN4CCNCC4)c(OC(=O)N4CCN(C)CC4)ccc3nc2-1. The van der Waals surface area contributed by atoms with Gasteiger partial charge in [-0.25, -0.2) is 9.78 Å². The summed E-state index contributed by atoms with van der Waals surface area (Å²) in [5.41, 5.74) is 5.32. The fourth-order valence-electron chi connectivity index (χ4n) is 6.61. The molecule has 1 atom stereocenters. The molecule has 1 unspecified atom stereocenters. The van der Waals surface area contributed by atoms with Gasteiger partial charge in [0.25, 0.3) is 5.56 Å². The maximum atomic E-state index is 13.6. The van der Waals surface area contributed by atoms with Gasteiger partial charge < -0.3 is 29.2 Å². The van der Waals surface area contributed by atoms with Crippen LogP contribution in [0.3, 0.4) is 0 Å². The van der Waals surface area contributed by atoms with Gasteiger partial charge in [0.2, 0.25) is 0 Å². The standard InChI is InChI=1S/C31H36N6O5/c1-3-20-21-15-26-28-19(16-37(26)29(38)24(21)18-41-30(20)39)14-22-23(17-35-8-6-32-7-9-35)27(5-4-25(22)33-28)42-31(40)36-12-10-34(2)11-13-36/h4-5,14-15,20,32H,3,6-13,16-18H2,1-2H3. The number of fused-ring (bicyclic) bond motifs is 5. The Balaban J connectivity index is 1.29. The Bertz CT molecular complexity index is 1640. The van der Waals surface area contributed by atoms with E-state index in [1.165, 1.54) is 0 Å². The van der Waals surface area contributed by atoms with E-state index in [0.29, 0.717) is 43.9 Å². The molecule has 2 aromatic heterocycles. The maximum absolute atomic E-state index is 13.6. The zero-order valence-corrected chi connectivity index (χ0v) is 24.1. The summed E-state index contributed by atoms with van der Waals surface area (Å²) in [6.45, 7) is 9.47. The number of rotatable bonds is 4. The molecule has 4 aliphatic heterocycles. The third-order valence-electron chi connectivity index (χ3n) is 9.13. The molecule has 0 aliphatic carbocycles. The lowest BCUT2D eigenvalue weighted by atomic mass is 9.90. The van der Waals surface area contributed by atoms with Crippen LogP contribution in [0.15, 0.2) is 29.1 Å². The molecule has 0 radical (unpaired) electrons. The predicted octanol–water partition coefficient (Wildman–Crippen LogP) is 2.13. The number of esters is 1. The molecule has 11 heteroatoms. The number of piperazine rings is 2. The molecule has 0 saturated carbocycles. The van der Waals surface area contributed by atoms with Crippen LogP contribution in [0.5, 0.6) is 5.75 Å². The number of hydrogen-bond acceptors (Lipinski definition) is 9. The van der Waals surface area contributed by atoms with Crippen LogP contribution in [0.2, 0.25) is 0 Å². The first-order chi connectivity index (χ1) is 20.4. The molecule has 2 fully saturated rings. The number of amides is 1. The van der Waals surface area contributed by atoms with Crippen LogP contribution in [-0.4, -0.2) is 95.7 Å². The molecule has 1 amide bonds. The normalized spacial score (nSPS) is 20.7. The molecule has 220 valence electrons. The van der Waals surface area contributed by atoms with Gasteiger partial charge in [0.15, 0.2) is 0 Å². The zero-order chi connectivity index (χ0) is 29.0. The fraction of sp³-hybridized carbons (Fsp3) is 0.484. The molecule has 0 bridgehead atoms. The summed E-state index contributed by atoms with van der Waals surface area (Å²) in [6, 6.07) is 7.82. The molecule has 4 aliphatic rings. The summed E-state index contributed by atoms with van der Waals surface area (Å²) in [5.74, 6) is -0.174. The number of benzene rings is 1. The van der Waals surface area contributed by atoms with E-state index in [-0.39, 0.29) is 24.2 Å². The molecule has 42 heavy (non-hydrogen) atoms. The molecule has 7 rings (SSSR count). The highest BCUT2D eigenvalue weighted by molar-refractivity contribution is 5.90. The van der Waals surface area contributed by atoms with Crippen LogP contribution in [0, 0.1) is 0 Å². The van der Waals surface area contributed by atoms with Gasteiger partial charge in [0.05, 0.1) is 34.9 Å². The summed E-state index contributed by atoms with van der Waals surface area (Å²) in [5, 5.41) is 4.32. The lowest BCUT2D eigenvalue weighted by Crippen LogP contribution is -2.48. The number of cyclic esters (lactones) is 1. The first kappa shape index (κ1) is 27.1. The number of aromatic nitrogens is 2. The van der Waals surface area contributed by atoms with Gasteiger partial charge in [-0.1, -0.05) is 6.92 Å². The minimum Gasteiger partial charge on any atom is -0.460 e. The van der Waals surface area contributed by atoms with Crippen LogP contribution in [0.1, 0.15) is 41.5 Å².